The number of rotatable bonds is 2. The molecule has 1 amide bonds. The minimum Gasteiger partial charge on any atom is -0.337 e. The van der Waals surface area contributed by atoms with Crippen LogP contribution >= 0.6 is 0 Å². The van der Waals surface area contributed by atoms with E-state index in [0.717, 1.165) is 24.5 Å². The molecule has 1 aliphatic rings. The van der Waals surface area contributed by atoms with E-state index in [2.05, 4.69) is 48.1 Å². The molecule has 2 aromatic rings. The summed E-state index contributed by atoms with van der Waals surface area (Å²) in [4.78, 5) is 23.3. The van der Waals surface area contributed by atoms with Gasteiger partial charge in [0.15, 0.2) is 0 Å². The van der Waals surface area contributed by atoms with Crippen molar-refractivity contribution in [3.8, 4) is 0 Å². The van der Waals surface area contributed by atoms with Crippen LogP contribution in [0.2, 0.25) is 0 Å². The lowest BCUT2D eigenvalue weighted by Gasteiger charge is -2.25. The average Bonchev–Trinajstić information content (AvgIpc) is 2.83. The second-order valence-corrected chi connectivity index (χ2v) is 7.06. The fourth-order valence-corrected chi connectivity index (χ4v) is 3.59. The molecule has 0 bridgehead atoms. The quantitative estimate of drug-likeness (QED) is 0.854. The third-order valence-corrected chi connectivity index (χ3v) is 4.87. The first-order valence-corrected chi connectivity index (χ1v) is 8.02. The van der Waals surface area contributed by atoms with Gasteiger partial charge in [0, 0.05) is 19.0 Å². The predicted octanol–water partition coefficient (Wildman–Crippen LogP) is 3.36. The molecule has 4 heteroatoms. The molecule has 0 unspecified atom stereocenters. The number of nitrogens with zero attached hydrogens (tertiary/aromatic N) is 3. The third kappa shape index (κ3) is 2.85. The molecule has 3 rings (SSSR count). The van der Waals surface area contributed by atoms with E-state index in [0.29, 0.717) is 11.5 Å². The van der Waals surface area contributed by atoms with Gasteiger partial charge in [-0.2, -0.15) is 0 Å². The maximum Gasteiger partial charge on any atom is 0.257 e. The number of aryl methyl sites for hydroxylation is 2. The van der Waals surface area contributed by atoms with Gasteiger partial charge < -0.3 is 4.90 Å². The second-order valence-electron chi connectivity index (χ2n) is 7.06. The van der Waals surface area contributed by atoms with E-state index in [1.165, 1.54) is 11.9 Å². The van der Waals surface area contributed by atoms with Crippen LogP contribution in [0.15, 0.2) is 36.7 Å². The predicted molar refractivity (Wildman–Crippen MR) is 90.4 cm³/mol. The zero-order valence-corrected chi connectivity index (χ0v) is 14.2. The van der Waals surface area contributed by atoms with E-state index in [1.54, 1.807) is 0 Å². The van der Waals surface area contributed by atoms with Crippen molar-refractivity contribution in [3.05, 3.63) is 59.2 Å². The Hall–Kier alpha value is -2.23. The third-order valence-electron chi connectivity index (χ3n) is 4.87. The molecule has 0 radical (unpaired) electrons. The highest BCUT2D eigenvalue weighted by atomic mass is 16.2. The van der Waals surface area contributed by atoms with Crippen molar-refractivity contribution in [1.82, 2.24) is 14.9 Å². The van der Waals surface area contributed by atoms with Gasteiger partial charge in [0.2, 0.25) is 0 Å². The molecule has 0 aliphatic carbocycles. The van der Waals surface area contributed by atoms with Crippen LogP contribution in [0.1, 0.15) is 47.1 Å². The molecule has 1 atom stereocenters. The van der Waals surface area contributed by atoms with Crippen LogP contribution in [0.3, 0.4) is 0 Å². The highest BCUT2D eigenvalue weighted by molar-refractivity contribution is 5.96. The fourth-order valence-electron chi connectivity index (χ4n) is 3.59. The van der Waals surface area contributed by atoms with Crippen molar-refractivity contribution in [1.29, 1.82) is 0 Å². The van der Waals surface area contributed by atoms with E-state index >= 15 is 0 Å². The van der Waals surface area contributed by atoms with Crippen molar-refractivity contribution in [3.63, 3.8) is 0 Å². The van der Waals surface area contributed by atoms with Crippen LogP contribution in [0.4, 0.5) is 0 Å². The summed E-state index contributed by atoms with van der Waals surface area (Å²) in [6, 6.07) is 10.5. The van der Waals surface area contributed by atoms with Crippen LogP contribution in [-0.4, -0.2) is 33.9 Å². The SMILES string of the molecule is Cc1ncnc(C)c1C(=O)N1C[C@H](c2ccccc2)C(C)(C)C1. The Labute approximate surface area is 137 Å². The van der Waals surface area contributed by atoms with Gasteiger partial charge >= 0.3 is 0 Å². The van der Waals surface area contributed by atoms with Crippen LogP contribution < -0.4 is 0 Å². The molecule has 1 fully saturated rings. The minimum atomic E-state index is 0.0482. The van der Waals surface area contributed by atoms with E-state index in [-0.39, 0.29) is 11.3 Å². The van der Waals surface area contributed by atoms with Gasteiger partial charge in [0.1, 0.15) is 6.33 Å². The smallest absolute Gasteiger partial charge is 0.257 e. The zero-order chi connectivity index (χ0) is 16.6. The Bertz CT molecular complexity index is 704. The summed E-state index contributed by atoms with van der Waals surface area (Å²) < 4.78 is 0. The monoisotopic (exact) mass is 309 g/mol. The molecule has 1 saturated heterocycles. The lowest BCUT2D eigenvalue weighted by Crippen LogP contribution is -2.31. The summed E-state index contributed by atoms with van der Waals surface area (Å²) in [5.74, 6) is 0.394. The van der Waals surface area contributed by atoms with E-state index in [9.17, 15) is 4.79 Å². The number of benzene rings is 1. The first kappa shape index (κ1) is 15.7. The lowest BCUT2D eigenvalue weighted by molar-refractivity contribution is 0.0775. The normalized spacial score (nSPS) is 19.8. The largest absolute Gasteiger partial charge is 0.337 e. The number of carbonyl (C=O) groups excluding carboxylic acids is 1. The van der Waals surface area contributed by atoms with Crippen LogP contribution in [0.5, 0.6) is 0 Å². The summed E-state index contributed by atoms with van der Waals surface area (Å²) in [6.07, 6.45) is 1.52. The topological polar surface area (TPSA) is 46.1 Å². The highest BCUT2D eigenvalue weighted by Crippen LogP contribution is 2.42. The first-order valence-electron chi connectivity index (χ1n) is 8.02. The Kier molecular flexibility index (Phi) is 3.92. The first-order chi connectivity index (χ1) is 10.9. The number of aromatic nitrogens is 2. The molecule has 2 heterocycles. The number of amides is 1. The molecule has 4 nitrogen and oxygen atoms in total. The number of carbonyl (C=O) groups is 1. The average molecular weight is 309 g/mol. The molecule has 1 aliphatic heterocycles. The van der Waals surface area contributed by atoms with Gasteiger partial charge in [-0.25, -0.2) is 9.97 Å². The lowest BCUT2D eigenvalue weighted by atomic mass is 9.78. The Balaban J connectivity index is 1.90. The van der Waals surface area contributed by atoms with Gasteiger partial charge in [0.25, 0.3) is 5.91 Å². The van der Waals surface area contributed by atoms with E-state index in [1.807, 2.05) is 24.8 Å². The van der Waals surface area contributed by atoms with Gasteiger partial charge in [-0.3, -0.25) is 4.79 Å². The van der Waals surface area contributed by atoms with Gasteiger partial charge in [0.05, 0.1) is 17.0 Å². The molecule has 0 N–H and O–H groups in total. The maximum atomic E-state index is 13.0. The molecular formula is C19H23N3O. The van der Waals surface area contributed by atoms with Crippen molar-refractivity contribution >= 4 is 5.91 Å². The fraction of sp³-hybridized carbons (Fsp3) is 0.421. The van der Waals surface area contributed by atoms with Gasteiger partial charge in [-0.05, 0) is 24.8 Å². The van der Waals surface area contributed by atoms with E-state index < -0.39 is 0 Å². The van der Waals surface area contributed by atoms with E-state index in [4.69, 9.17) is 0 Å². The zero-order valence-electron chi connectivity index (χ0n) is 14.2. The molecule has 1 aromatic carbocycles. The summed E-state index contributed by atoms with van der Waals surface area (Å²) in [7, 11) is 0. The molecule has 0 spiro atoms. The van der Waals surface area contributed by atoms with Gasteiger partial charge in [-0.1, -0.05) is 44.2 Å². The van der Waals surface area contributed by atoms with Crippen LogP contribution in [0, 0.1) is 19.3 Å². The summed E-state index contributed by atoms with van der Waals surface area (Å²) in [6.45, 7) is 9.71. The standard InChI is InChI=1S/C19H23N3O/c1-13-17(14(2)21-12-20-13)18(23)22-10-16(19(3,4)11-22)15-8-6-5-7-9-15/h5-9,12,16H,10-11H2,1-4H3/t16-/m1/s1. The number of hydrogen-bond acceptors (Lipinski definition) is 3. The second kappa shape index (κ2) is 5.76. The minimum absolute atomic E-state index is 0.0482. The molecule has 0 saturated carbocycles. The summed E-state index contributed by atoms with van der Waals surface area (Å²) in [5, 5.41) is 0. The summed E-state index contributed by atoms with van der Waals surface area (Å²) in [5.41, 5.74) is 3.50. The summed E-state index contributed by atoms with van der Waals surface area (Å²) >= 11 is 0. The van der Waals surface area contributed by atoms with Crippen molar-refractivity contribution in [2.24, 2.45) is 5.41 Å². The molecule has 23 heavy (non-hydrogen) atoms. The Morgan fingerprint density at radius 1 is 1.13 bits per heavy atom. The van der Waals surface area contributed by atoms with Crippen molar-refractivity contribution < 1.29 is 4.79 Å². The molecular weight excluding hydrogens is 286 g/mol. The Morgan fingerprint density at radius 3 is 2.35 bits per heavy atom. The molecule has 120 valence electrons. The maximum absolute atomic E-state index is 13.0. The number of likely N-dealkylation sites (tertiary alicyclic amines) is 1. The van der Waals surface area contributed by atoms with Crippen LogP contribution in [0.25, 0.3) is 0 Å². The van der Waals surface area contributed by atoms with Crippen molar-refractivity contribution in [2.75, 3.05) is 13.1 Å². The molecule has 1 aromatic heterocycles. The number of hydrogen-bond donors (Lipinski definition) is 0. The van der Waals surface area contributed by atoms with Crippen molar-refractivity contribution in [2.45, 2.75) is 33.6 Å². The Morgan fingerprint density at radius 2 is 1.74 bits per heavy atom. The van der Waals surface area contributed by atoms with Gasteiger partial charge in [-0.15, -0.1) is 0 Å². The van der Waals surface area contributed by atoms with Crippen LogP contribution in [-0.2, 0) is 0 Å². The highest BCUT2D eigenvalue weighted by Gasteiger charge is 2.42.